The molecule has 7 heteroatoms. The third-order valence-electron chi connectivity index (χ3n) is 5.73. The Bertz CT molecular complexity index is 1200. The van der Waals surface area contributed by atoms with Gasteiger partial charge in [0.25, 0.3) is 0 Å². The van der Waals surface area contributed by atoms with Crippen LogP contribution in [0.5, 0.6) is 5.75 Å². The first kappa shape index (κ1) is 21.8. The monoisotopic (exact) mass is 431 g/mol. The standard InChI is InChI=1S/C25H29N5O2/c1-28-23-7-6-22(17-24(23)29(2)25(28)31)32-16-4-14-30(19-21-8-12-26-13-9-21)15-10-20-5-3-11-27-18-20/h3,5-9,11-13,17-18H,4,10,14-16,19H2,1-2H3. The Balaban J connectivity index is 1.34. The van der Waals surface area contributed by atoms with E-state index in [2.05, 4.69) is 33.1 Å². The van der Waals surface area contributed by atoms with Crippen molar-refractivity contribution in [2.24, 2.45) is 14.1 Å². The van der Waals surface area contributed by atoms with E-state index < -0.39 is 0 Å². The zero-order valence-corrected chi connectivity index (χ0v) is 18.6. The molecule has 0 saturated heterocycles. The molecule has 3 heterocycles. The Morgan fingerprint density at radius 1 is 0.906 bits per heavy atom. The lowest BCUT2D eigenvalue weighted by Crippen LogP contribution is -2.28. The maximum absolute atomic E-state index is 12.1. The van der Waals surface area contributed by atoms with Gasteiger partial charge in [-0.05, 0) is 54.3 Å². The number of benzene rings is 1. The summed E-state index contributed by atoms with van der Waals surface area (Å²) < 4.78 is 9.31. The van der Waals surface area contributed by atoms with Gasteiger partial charge in [-0.15, -0.1) is 0 Å². The SMILES string of the molecule is Cn1c(=O)n(C)c2cc(OCCCN(CCc3cccnc3)Cc3ccncc3)ccc21. The summed E-state index contributed by atoms with van der Waals surface area (Å²) >= 11 is 0. The maximum atomic E-state index is 12.1. The van der Waals surface area contributed by atoms with Gasteiger partial charge in [-0.25, -0.2) is 4.79 Å². The van der Waals surface area contributed by atoms with Gasteiger partial charge in [0.2, 0.25) is 0 Å². The van der Waals surface area contributed by atoms with Gasteiger partial charge in [0.15, 0.2) is 0 Å². The van der Waals surface area contributed by atoms with Crippen molar-refractivity contribution in [3.63, 3.8) is 0 Å². The van der Waals surface area contributed by atoms with E-state index in [0.29, 0.717) is 6.61 Å². The number of aromatic nitrogens is 4. The van der Waals surface area contributed by atoms with E-state index >= 15 is 0 Å². The first-order valence-corrected chi connectivity index (χ1v) is 10.9. The van der Waals surface area contributed by atoms with Gasteiger partial charge in [-0.3, -0.25) is 24.0 Å². The van der Waals surface area contributed by atoms with Gasteiger partial charge in [0, 0.05) is 64.6 Å². The lowest BCUT2D eigenvalue weighted by atomic mass is 10.2. The molecule has 4 aromatic rings. The molecule has 1 aromatic carbocycles. The summed E-state index contributed by atoms with van der Waals surface area (Å²) in [7, 11) is 3.57. The minimum absolute atomic E-state index is 0.0301. The second kappa shape index (κ2) is 10.2. The summed E-state index contributed by atoms with van der Waals surface area (Å²) in [5, 5.41) is 0. The number of nitrogens with zero attached hydrogens (tertiary/aromatic N) is 5. The topological polar surface area (TPSA) is 65.2 Å². The van der Waals surface area contributed by atoms with Crippen LogP contribution in [0.2, 0.25) is 0 Å². The van der Waals surface area contributed by atoms with E-state index in [4.69, 9.17) is 4.74 Å². The first-order chi connectivity index (χ1) is 15.6. The number of fused-ring (bicyclic) bond motifs is 1. The normalized spacial score (nSPS) is 11.3. The Morgan fingerprint density at radius 2 is 1.72 bits per heavy atom. The first-order valence-electron chi connectivity index (χ1n) is 10.9. The van der Waals surface area contributed by atoms with Gasteiger partial charge in [0.1, 0.15) is 5.75 Å². The molecular formula is C25H29N5O2. The van der Waals surface area contributed by atoms with Crippen LogP contribution < -0.4 is 10.4 Å². The van der Waals surface area contributed by atoms with E-state index in [1.807, 2.05) is 42.9 Å². The highest BCUT2D eigenvalue weighted by molar-refractivity contribution is 5.77. The average molecular weight is 432 g/mol. The third-order valence-corrected chi connectivity index (χ3v) is 5.73. The molecule has 0 aliphatic carbocycles. The predicted octanol–water partition coefficient (Wildman–Crippen LogP) is 3.18. The second-order valence-electron chi connectivity index (χ2n) is 8.00. The summed E-state index contributed by atoms with van der Waals surface area (Å²) in [6.07, 6.45) is 9.28. The quantitative estimate of drug-likeness (QED) is 0.361. The molecule has 0 atom stereocenters. The second-order valence-corrected chi connectivity index (χ2v) is 8.00. The summed E-state index contributed by atoms with van der Waals surface area (Å²) in [6, 6.07) is 14.0. The Labute approximate surface area is 187 Å². The van der Waals surface area contributed by atoms with Crippen molar-refractivity contribution in [2.45, 2.75) is 19.4 Å². The smallest absolute Gasteiger partial charge is 0.328 e. The molecule has 4 rings (SSSR count). The van der Waals surface area contributed by atoms with Crippen LogP contribution >= 0.6 is 0 Å². The highest BCUT2D eigenvalue weighted by Crippen LogP contribution is 2.19. The van der Waals surface area contributed by atoms with Crippen molar-refractivity contribution in [3.8, 4) is 5.75 Å². The van der Waals surface area contributed by atoms with Crippen LogP contribution in [0.1, 0.15) is 17.5 Å². The Morgan fingerprint density at radius 3 is 2.50 bits per heavy atom. The number of hydrogen-bond donors (Lipinski definition) is 0. The average Bonchev–Trinajstić information content (AvgIpc) is 3.05. The van der Waals surface area contributed by atoms with Crippen LogP contribution in [0.4, 0.5) is 0 Å². The predicted molar refractivity (Wildman–Crippen MR) is 126 cm³/mol. The van der Waals surface area contributed by atoms with E-state index in [-0.39, 0.29) is 5.69 Å². The van der Waals surface area contributed by atoms with Crippen LogP contribution in [-0.4, -0.2) is 43.7 Å². The summed E-state index contributed by atoms with van der Waals surface area (Å²) in [5.41, 5.74) is 4.25. The molecule has 0 spiro atoms. The fourth-order valence-corrected chi connectivity index (χ4v) is 3.90. The Kier molecular flexibility index (Phi) is 6.97. The molecule has 32 heavy (non-hydrogen) atoms. The largest absolute Gasteiger partial charge is 0.493 e. The maximum Gasteiger partial charge on any atom is 0.328 e. The minimum Gasteiger partial charge on any atom is -0.493 e. The van der Waals surface area contributed by atoms with E-state index in [1.54, 1.807) is 29.4 Å². The molecule has 0 unspecified atom stereocenters. The number of hydrogen-bond acceptors (Lipinski definition) is 5. The van der Waals surface area contributed by atoms with E-state index in [0.717, 1.165) is 49.3 Å². The van der Waals surface area contributed by atoms with Crippen LogP contribution in [0, 0.1) is 0 Å². The molecule has 0 aliphatic heterocycles. The number of rotatable bonds is 10. The molecule has 0 fully saturated rings. The zero-order chi connectivity index (χ0) is 22.3. The summed E-state index contributed by atoms with van der Waals surface area (Å²) in [5.74, 6) is 0.787. The molecule has 0 amide bonds. The van der Waals surface area contributed by atoms with Crippen molar-refractivity contribution in [3.05, 3.63) is 88.9 Å². The minimum atomic E-state index is -0.0301. The molecule has 0 bridgehead atoms. The number of pyridine rings is 2. The third kappa shape index (κ3) is 5.23. The highest BCUT2D eigenvalue weighted by Gasteiger charge is 2.10. The Hall–Kier alpha value is -3.45. The van der Waals surface area contributed by atoms with Crippen LogP contribution in [0.3, 0.4) is 0 Å². The van der Waals surface area contributed by atoms with E-state index in [1.165, 1.54) is 11.1 Å². The number of aryl methyl sites for hydroxylation is 2. The fraction of sp³-hybridized carbons (Fsp3) is 0.320. The van der Waals surface area contributed by atoms with Crippen molar-refractivity contribution >= 4 is 11.0 Å². The number of ether oxygens (including phenoxy) is 1. The van der Waals surface area contributed by atoms with Crippen LogP contribution in [-0.2, 0) is 27.1 Å². The lowest BCUT2D eigenvalue weighted by molar-refractivity contribution is 0.230. The van der Waals surface area contributed by atoms with Gasteiger partial charge in [-0.1, -0.05) is 6.07 Å². The molecule has 0 radical (unpaired) electrons. The van der Waals surface area contributed by atoms with Crippen molar-refractivity contribution < 1.29 is 4.74 Å². The van der Waals surface area contributed by atoms with Gasteiger partial charge >= 0.3 is 5.69 Å². The zero-order valence-electron chi connectivity index (χ0n) is 18.6. The van der Waals surface area contributed by atoms with Crippen molar-refractivity contribution in [1.29, 1.82) is 0 Å². The molecule has 7 nitrogen and oxygen atoms in total. The number of imidazole rings is 1. The van der Waals surface area contributed by atoms with Gasteiger partial charge in [-0.2, -0.15) is 0 Å². The summed E-state index contributed by atoms with van der Waals surface area (Å²) in [6.45, 7) is 3.37. The van der Waals surface area contributed by atoms with Crippen LogP contribution in [0.15, 0.2) is 72.0 Å². The van der Waals surface area contributed by atoms with Crippen LogP contribution in [0.25, 0.3) is 11.0 Å². The summed E-state index contributed by atoms with van der Waals surface area (Å²) in [4.78, 5) is 22.9. The molecule has 0 saturated carbocycles. The molecular weight excluding hydrogens is 402 g/mol. The molecule has 0 N–H and O–H groups in total. The molecule has 166 valence electrons. The van der Waals surface area contributed by atoms with Gasteiger partial charge < -0.3 is 4.74 Å². The lowest BCUT2D eigenvalue weighted by Gasteiger charge is -2.22. The molecule has 0 aliphatic rings. The van der Waals surface area contributed by atoms with E-state index in [9.17, 15) is 4.79 Å². The fourth-order valence-electron chi connectivity index (χ4n) is 3.90. The van der Waals surface area contributed by atoms with Crippen molar-refractivity contribution in [2.75, 3.05) is 19.7 Å². The molecule has 3 aromatic heterocycles. The van der Waals surface area contributed by atoms with Crippen molar-refractivity contribution in [1.82, 2.24) is 24.0 Å². The highest BCUT2D eigenvalue weighted by atomic mass is 16.5. The van der Waals surface area contributed by atoms with Gasteiger partial charge in [0.05, 0.1) is 17.6 Å².